The minimum atomic E-state index is 0.250. The van der Waals surface area contributed by atoms with Crippen LogP contribution in [0.25, 0.3) is 0 Å². The second-order valence-electron chi connectivity index (χ2n) is 7.31. The molecule has 0 aliphatic heterocycles. The predicted molar refractivity (Wildman–Crippen MR) is 90.8 cm³/mol. The van der Waals surface area contributed by atoms with E-state index in [1.807, 2.05) is 6.20 Å². The summed E-state index contributed by atoms with van der Waals surface area (Å²) in [7, 11) is 2.13. The Hall–Kier alpha value is -1.16. The maximum atomic E-state index is 4.78. The van der Waals surface area contributed by atoms with Crippen molar-refractivity contribution in [3.05, 3.63) is 17.7 Å². The van der Waals surface area contributed by atoms with E-state index in [0.29, 0.717) is 5.92 Å². The fraction of sp³-hybridized carbons (Fsp3) is 0.765. The molecule has 4 heteroatoms. The van der Waals surface area contributed by atoms with E-state index >= 15 is 0 Å². The molecule has 0 atom stereocenters. The van der Waals surface area contributed by atoms with Crippen molar-refractivity contribution in [2.24, 2.45) is 5.41 Å². The van der Waals surface area contributed by atoms with Gasteiger partial charge in [0, 0.05) is 26.1 Å². The van der Waals surface area contributed by atoms with E-state index in [1.165, 1.54) is 0 Å². The van der Waals surface area contributed by atoms with E-state index in [4.69, 9.17) is 4.98 Å². The van der Waals surface area contributed by atoms with E-state index in [2.05, 4.69) is 63.8 Å². The molecule has 0 amide bonds. The van der Waals surface area contributed by atoms with Crippen LogP contribution in [0.4, 0.5) is 5.69 Å². The monoisotopic (exact) mass is 292 g/mol. The second-order valence-corrected chi connectivity index (χ2v) is 7.31. The van der Waals surface area contributed by atoms with Gasteiger partial charge in [0.15, 0.2) is 0 Å². The molecule has 0 saturated carbocycles. The van der Waals surface area contributed by atoms with Gasteiger partial charge in [0.2, 0.25) is 0 Å². The highest BCUT2D eigenvalue weighted by molar-refractivity contribution is 5.48. The summed E-state index contributed by atoms with van der Waals surface area (Å²) < 4.78 is 0. The number of nitrogens with one attached hydrogen (secondary N) is 1. The zero-order chi connectivity index (χ0) is 16.0. The van der Waals surface area contributed by atoms with Crippen molar-refractivity contribution >= 4 is 5.69 Å². The summed E-state index contributed by atoms with van der Waals surface area (Å²) in [6, 6.07) is 0. The molecule has 0 unspecified atom stereocenters. The van der Waals surface area contributed by atoms with Crippen LogP contribution in [0.15, 0.2) is 6.20 Å². The molecule has 0 radical (unpaired) electrons. The number of aromatic nitrogens is 2. The van der Waals surface area contributed by atoms with Gasteiger partial charge in [-0.25, -0.2) is 9.97 Å². The van der Waals surface area contributed by atoms with Crippen LogP contribution >= 0.6 is 0 Å². The fourth-order valence-electron chi connectivity index (χ4n) is 2.33. The lowest BCUT2D eigenvalue weighted by molar-refractivity contribution is 0.418. The topological polar surface area (TPSA) is 41.1 Å². The first kappa shape index (κ1) is 17.9. The Morgan fingerprint density at radius 3 is 2.48 bits per heavy atom. The molecule has 0 aliphatic rings. The number of rotatable bonds is 7. The van der Waals surface area contributed by atoms with Gasteiger partial charge < -0.3 is 10.2 Å². The molecule has 0 bridgehead atoms. The summed E-state index contributed by atoms with van der Waals surface area (Å²) in [5.41, 5.74) is 2.49. The molecule has 1 aromatic rings. The summed E-state index contributed by atoms with van der Waals surface area (Å²) in [5.74, 6) is 1.29. The van der Waals surface area contributed by atoms with Gasteiger partial charge in [0.05, 0.1) is 17.6 Å². The third kappa shape index (κ3) is 6.00. The molecule has 21 heavy (non-hydrogen) atoms. The molecular formula is C17H32N4. The quantitative estimate of drug-likeness (QED) is 0.780. The minimum Gasteiger partial charge on any atom is -0.371 e. The van der Waals surface area contributed by atoms with Gasteiger partial charge in [-0.2, -0.15) is 0 Å². The SMILES string of the molecule is CCCNCc1nc(C(C)C)ncc1N(C)CC(C)(C)C. The third-order valence-corrected chi connectivity index (χ3v) is 3.22. The maximum absolute atomic E-state index is 4.78. The normalized spacial score (nSPS) is 12.0. The molecule has 120 valence electrons. The largest absolute Gasteiger partial charge is 0.371 e. The highest BCUT2D eigenvalue weighted by Crippen LogP contribution is 2.23. The molecule has 0 aromatic carbocycles. The molecule has 1 N–H and O–H groups in total. The van der Waals surface area contributed by atoms with Crippen molar-refractivity contribution in [3.63, 3.8) is 0 Å². The molecule has 4 nitrogen and oxygen atoms in total. The Bertz CT molecular complexity index is 435. The predicted octanol–water partition coefficient (Wildman–Crippen LogP) is 3.58. The highest BCUT2D eigenvalue weighted by atomic mass is 15.1. The number of anilines is 1. The molecule has 0 aliphatic carbocycles. The first-order valence-electron chi connectivity index (χ1n) is 8.02. The van der Waals surface area contributed by atoms with Gasteiger partial charge in [0.1, 0.15) is 5.82 Å². The molecule has 1 aromatic heterocycles. The summed E-state index contributed by atoms with van der Waals surface area (Å²) in [6.07, 6.45) is 3.12. The minimum absolute atomic E-state index is 0.250. The summed E-state index contributed by atoms with van der Waals surface area (Å²) >= 11 is 0. The van der Waals surface area contributed by atoms with Crippen molar-refractivity contribution in [1.29, 1.82) is 0 Å². The molecule has 1 heterocycles. The molecule has 1 rings (SSSR count). The van der Waals surface area contributed by atoms with Gasteiger partial charge in [-0.3, -0.25) is 0 Å². The van der Waals surface area contributed by atoms with E-state index in [1.54, 1.807) is 0 Å². The second kappa shape index (κ2) is 7.74. The molecule has 0 spiro atoms. The number of hydrogen-bond acceptors (Lipinski definition) is 4. The first-order chi connectivity index (χ1) is 9.74. The van der Waals surface area contributed by atoms with Crippen LogP contribution in [-0.4, -0.2) is 30.1 Å². The Kier molecular flexibility index (Phi) is 6.59. The van der Waals surface area contributed by atoms with Gasteiger partial charge in [-0.15, -0.1) is 0 Å². The van der Waals surface area contributed by atoms with Gasteiger partial charge in [0.25, 0.3) is 0 Å². The number of hydrogen-bond donors (Lipinski definition) is 1. The van der Waals surface area contributed by atoms with Crippen molar-refractivity contribution in [1.82, 2.24) is 15.3 Å². The summed E-state index contributed by atoms with van der Waals surface area (Å²) in [4.78, 5) is 11.6. The average Bonchev–Trinajstić information content (AvgIpc) is 2.36. The molecule has 0 saturated heterocycles. The van der Waals surface area contributed by atoms with Crippen molar-refractivity contribution in [2.45, 2.75) is 60.4 Å². The molecule has 0 fully saturated rings. The van der Waals surface area contributed by atoms with Crippen molar-refractivity contribution < 1.29 is 0 Å². The van der Waals surface area contributed by atoms with Crippen molar-refractivity contribution in [2.75, 3.05) is 25.0 Å². The lowest BCUT2D eigenvalue weighted by atomic mass is 9.96. The van der Waals surface area contributed by atoms with Crippen LogP contribution in [0.1, 0.15) is 65.4 Å². The van der Waals surface area contributed by atoms with Crippen LogP contribution in [0.3, 0.4) is 0 Å². The van der Waals surface area contributed by atoms with E-state index in [0.717, 1.165) is 43.3 Å². The first-order valence-corrected chi connectivity index (χ1v) is 8.02. The molecular weight excluding hydrogens is 260 g/mol. The van der Waals surface area contributed by atoms with Crippen LogP contribution < -0.4 is 10.2 Å². The van der Waals surface area contributed by atoms with Gasteiger partial charge in [-0.05, 0) is 18.4 Å². The standard InChI is InChI=1S/C17H32N4/c1-8-9-18-10-14-15(21(7)12-17(4,5)6)11-19-16(20-14)13(2)3/h11,13,18H,8-10,12H2,1-7H3. The maximum Gasteiger partial charge on any atom is 0.131 e. The zero-order valence-electron chi connectivity index (χ0n) is 14.8. The van der Waals surface area contributed by atoms with Crippen LogP contribution in [0, 0.1) is 5.41 Å². The van der Waals surface area contributed by atoms with Gasteiger partial charge >= 0.3 is 0 Å². The smallest absolute Gasteiger partial charge is 0.131 e. The fourth-order valence-corrected chi connectivity index (χ4v) is 2.33. The Balaban J connectivity index is 2.99. The highest BCUT2D eigenvalue weighted by Gasteiger charge is 2.18. The van der Waals surface area contributed by atoms with Crippen LogP contribution in [0.5, 0.6) is 0 Å². The van der Waals surface area contributed by atoms with Crippen molar-refractivity contribution in [3.8, 4) is 0 Å². The average molecular weight is 292 g/mol. The van der Waals surface area contributed by atoms with E-state index in [-0.39, 0.29) is 5.41 Å². The van der Waals surface area contributed by atoms with E-state index in [9.17, 15) is 0 Å². The van der Waals surface area contributed by atoms with E-state index < -0.39 is 0 Å². The lowest BCUT2D eigenvalue weighted by Gasteiger charge is -2.29. The van der Waals surface area contributed by atoms with Crippen LogP contribution in [-0.2, 0) is 6.54 Å². The number of nitrogens with zero attached hydrogens (tertiary/aromatic N) is 3. The van der Waals surface area contributed by atoms with Crippen LogP contribution in [0.2, 0.25) is 0 Å². The zero-order valence-corrected chi connectivity index (χ0v) is 14.8. The summed E-state index contributed by atoms with van der Waals surface area (Å²) in [6.45, 7) is 16.0. The lowest BCUT2D eigenvalue weighted by Crippen LogP contribution is -2.31. The Morgan fingerprint density at radius 1 is 1.29 bits per heavy atom. The van der Waals surface area contributed by atoms with Gasteiger partial charge in [-0.1, -0.05) is 41.5 Å². The summed E-state index contributed by atoms with van der Waals surface area (Å²) in [5, 5.41) is 3.46. The third-order valence-electron chi connectivity index (χ3n) is 3.22. The Labute approximate surface area is 130 Å². The Morgan fingerprint density at radius 2 is 1.95 bits per heavy atom.